The number of carbonyl (C=O) groups excluding carboxylic acids is 2. The molecule has 0 heterocycles. The van der Waals surface area contributed by atoms with Crippen molar-refractivity contribution in [2.45, 2.75) is 26.3 Å². The minimum absolute atomic E-state index is 0.281. The molecule has 0 spiro atoms. The second-order valence-corrected chi connectivity index (χ2v) is 5.71. The van der Waals surface area contributed by atoms with Crippen LogP contribution in [0.3, 0.4) is 0 Å². The van der Waals surface area contributed by atoms with Crippen molar-refractivity contribution in [2.24, 2.45) is 0 Å². The van der Waals surface area contributed by atoms with Crippen molar-refractivity contribution < 1.29 is 22.8 Å². The second kappa shape index (κ2) is 6.15. The lowest BCUT2D eigenvalue weighted by Gasteiger charge is -2.23. The van der Waals surface area contributed by atoms with Gasteiger partial charge in [0.25, 0.3) is 5.91 Å². The molecule has 0 bridgehead atoms. The van der Waals surface area contributed by atoms with Gasteiger partial charge in [-0.1, -0.05) is 0 Å². The monoisotopic (exact) mass is 302 g/mol. The summed E-state index contributed by atoms with van der Waals surface area (Å²) in [7, 11) is 1.31. The zero-order valence-electron chi connectivity index (χ0n) is 12.3. The van der Waals surface area contributed by atoms with Crippen LogP contribution in [0.15, 0.2) is 12.1 Å². The lowest BCUT2D eigenvalue weighted by atomic mass is 10.1. The maximum atomic E-state index is 13.1. The number of halogens is 3. The Morgan fingerprint density at radius 3 is 2.05 bits per heavy atom. The lowest BCUT2D eigenvalue weighted by Crippen LogP contribution is -2.46. The van der Waals surface area contributed by atoms with E-state index in [0.717, 1.165) is 4.90 Å². The second-order valence-electron chi connectivity index (χ2n) is 5.71. The predicted octanol–water partition coefficient (Wildman–Crippen LogP) is 2.09. The van der Waals surface area contributed by atoms with Crippen molar-refractivity contribution in [3.05, 3.63) is 35.1 Å². The summed E-state index contributed by atoms with van der Waals surface area (Å²) in [4.78, 5) is 24.6. The molecule has 4 nitrogen and oxygen atoms in total. The first-order valence-electron chi connectivity index (χ1n) is 6.22. The van der Waals surface area contributed by atoms with E-state index in [9.17, 15) is 22.8 Å². The first kappa shape index (κ1) is 17.0. The van der Waals surface area contributed by atoms with Crippen molar-refractivity contribution in [3.63, 3.8) is 0 Å². The molecule has 0 radical (unpaired) electrons. The first-order chi connectivity index (χ1) is 9.51. The maximum Gasteiger partial charge on any atom is 0.254 e. The van der Waals surface area contributed by atoms with Crippen LogP contribution in [0.2, 0.25) is 0 Å². The van der Waals surface area contributed by atoms with Gasteiger partial charge in [-0.3, -0.25) is 9.59 Å². The average molecular weight is 302 g/mol. The normalized spacial score (nSPS) is 11.2. The molecule has 1 aromatic carbocycles. The van der Waals surface area contributed by atoms with Gasteiger partial charge in [0, 0.05) is 18.2 Å². The Bertz CT molecular complexity index is 545. The molecule has 1 aromatic rings. The fourth-order valence-electron chi connectivity index (χ4n) is 1.64. The molecule has 116 valence electrons. The minimum Gasteiger partial charge on any atom is -0.350 e. The number of amides is 2. The minimum atomic E-state index is -1.64. The van der Waals surface area contributed by atoms with E-state index < -0.39 is 34.8 Å². The molecule has 0 fully saturated rings. The van der Waals surface area contributed by atoms with Crippen molar-refractivity contribution in [3.8, 4) is 0 Å². The molecule has 1 N–H and O–H groups in total. The Balaban J connectivity index is 2.82. The summed E-state index contributed by atoms with van der Waals surface area (Å²) in [6, 6.07) is 1.19. The number of carbonyl (C=O) groups is 2. The van der Waals surface area contributed by atoms with Crippen LogP contribution in [0.5, 0.6) is 0 Å². The largest absolute Gasteiger partial charge is 0.350 e. The highest BCUT2D eigenvalue weighted by molar-refractivity contribution is 5.96. The van der Waals surface area contributed by atoms with Crippen molar-refractivity contribution in [1.82, 2.24) is 10.2 Å². The van der Waals surface area contributed by atoms with Crippen LogP contribution in [-0.2, 0) is 4.79 Å². The van der Waals surface area contributed by atoms with E-state index >= 15 is 0 Å². The molecule has 0 saturated heterocycles. The SMILES string of the molecule is CN(CC(=O)NC(C)(C)C)C(=O)c1cc(F)c(F)c(F)c1. The van der Waals surface area contributed by atoms with E-state index in [1.165, 1.54) is 7.05 Å². The van der Waals surface area contributed by atoms with Gasteiger partial charge >= 0.3 is 0 Å². The van der Waals surface area contributed by atoms with Gasteiger partial charge in [-0.15, -0.1) is 0 Å². The predicted molar refractivity (Wildman–Crippen MR) is 71.2 cm³/mol. The molecule has 21 heavy (non-hydrogen) atoms. The zero-order chi connectivity index (χ0) is 16.4. The lowest BCUT2D eigenvalue weighted by molar-refractivity contribution is -0.122. The highest BCUT2D eigenvalue weighted by Crippen LogP contribution is 2.14. The van der Waals surface area contributed by atoms with Gasteiger partial charge in [-0.05, 0) is 32.9 Å². The summed E-state index contributed by atoms with van der Waals surface area (Å²) in [5.41, 5.74) is -0.827. The standard InChI is InChI=1S/C14H17F3N2O2/c1-14(2,3)18-11(20)7-19(4)13(21)8-5-9(15)12(17)10(16)6-8/h5-6H,7H2,1-4H3,(H,18,20). The summed E-state index contributed by atoms with van der Waals surface area (Å²) in [6.45, 7) is 5.04. The number of nitrogens with one attached hydrogen (secondary N) is 1. The van der Waals surface area contributed by atoms with Gasteiger partial charge < -0.3 is 10.2 Å². The molecule has 0 unspecified atom stereocenters. The number of benzene rings is 1. The van der Waals surface area contributed by atoms with Crippen molar-refractivity contribution in [1.29, 1.82) is 0 Å². The van der Waals surface area contributed by atoms with E-state index in [-0.39, 0.29) is 12.1 Å². The molecule has 0 saturated carbocycles. The number of hydrogen-bond acceptors (Lipinski definition) is 2. The molecular weight excluding hydrogens is 285 g/mol. The number of likely N-dealkylation sites (N-methyl/N-ethyl adjacent to an activating group) is 1. The Morgan fingerprint density at radius 2 is 1.62 bits per heavy atom. The molecule has 7 heteroatoms. The fraction of sp³-hybridized carbons (Fsp3) is 0.429. The topological polar surface area (TPSA) is 49.4 Å². The smallest absolute Gasteiger partial charge is 0.254 e. The van der Waals surface area contributed by atoms with Gasteiger partial charge in [0.05, 0.1) is 6.54 Å². The highest BCUT2D eigenvalue weighted by atomic mass is 19.2. The molecule has 2 amide bonds. The van der Waals surface area contributed by atoms with Gasteiger partial charge in [-0.2, -0.15) is 0 Å². The van der Waals surface area contributed by atoms with Gasteiger partial charge in [0.2, 0.25) is 5.91 Å². The third-order valence-electron chi connectivity index (χ3n) is 2.47. The third-order valence-corrected chi connectivity index (χ3v) is 2.47. The van der Waals surface area contributed by atoms with E-state index in [1.54, 1.807) is 20.8 Å². The summed E-state index contributed by atoms with van der Waals surface area (Å²) < 4.78 is 39.0. The van der Waals surface area contributed by atoms with E-state index in [0.29, 0.717) is 12.1 Å². The van der Waals surface area contributed by atoms with E-state index in [2.05, 4.69) is 5.32 Å². The van der Waals surface area contributed by atoms with Crippen molar-refractivity contribution >= 4 is 11.8 Å². The van der Waals surface area contributed by atoms with E-state index in [4.69, 9.17) is 0 Å². The van der Waals surface area contributed by atoms with Gasteiger partial charge in [-0.25, -0.2) is 13.2 Å². The van der Waals surface area contributed by atoms with Gasteiger partial charge in [0.15, 0.2) is 17.5 Å². The maximum absolute atomic E-state index is 13.1. The van der Waals surface area contributed by atoms with Crippen LogP contribution < -0.4 is 5.32 Å². The van der Waals surface area contributed by atoms with Gasteiger partial charge in [0.1, 0.15) is 0 Å². The van der Waals surface area contributed by atoms with Crippen LogP contribution >= 0.6 is 0 Å². The molecule has 0 aliphatic carbocycles. The summed E-state index contributed by atoms with van der Waals surface area (Å²) in [6.07, 6.45) is 0. The number of rotatable bonds is 3. The third kappa shape index (κ3) is 4.77. The summed E-state index contributed by atoms with van der Waals surface area (Å²) in [5.74, 6) is -5.74. The summed E-state index contributed by atoms with van der Waals surface area (Å²) in [5, 5.41) is 2.65. The molecular formula is C14H17F3N2O2. The molecule has 0 aromatic heterocycles. The Kier molecular flexibility index (Phi) is 4.98. The first-order valence-corrected chi connectivity index (χ1v) is 6.22. The van der Waals surface area contributed by atoms with Crippen LogP contribution in [0.1, 0.15) is 31.1 Å². The van der Waals surface area contributed by atoms with Crippen LogP contribution in [0, 0.1) is 17.5 Å². The Hall–Kier alpha value is -2.05. The number of nitrogens with zero attached hydrogens (tertiary/aromatic N) is 1. The Morgan fingerprint density at radius 1 is 1.14 bits per heavy atom. The number of hydrogen-bond donors (Lipinski definition) is 1. The quantitative estimate of drug-likeness (QED) is 0.869. The average Bonchev–Trinajstić information content (AvgIpc) is 2.31. The Labute approximate surface area is 120 Å². The molecule has 0 atom stereocenters. The fourth-order valence-corrected chi connectivity index (χ4v) is 1.64. The van der Waals surface area contributed by atoms with Crippen LogP contribution in [0.4, 0.5) is 13.2 Å². The highest BCUT2D eigenvalue weighted by Gasteiger charge is 2.21. The summed E-state index contributed by atoms with van der Waals surface area (Å²) >= 11 is 0. The molecule has 0 aliphatic heterocycles. The van der Waals surface area contributed by atoms with E-state index in [1.807, 2.05) is 0 Å². The van der Waals surface area contributed by atoms with Crippen LogP contribution in [-0.4, -0.2) is 35.8 Å². The molecule has 0 aliphatic rings. The van der Waals surface area contributed by atoms with Crippen molar-refractivity contribution in [2.75, 3.05) is 13.6 Å². The zero-order valence-corrected chi connectivity index (χ0v) is 12.3. The molecule has 1 rings (SSSR count). The van der Waals surface area contributed by atoms with Crippen LogP contribution in [0.25, 0.3) is 0 Å².